The summed E-state index contributed by atoms with van der Waals surface area (Å²) in [6.45, 7) is 2.78. The van der Waals surface area contributed by atoms with Crippen molar-refractivity contribution in [3.63, 3.8) is 0 Å². The van der Waals surface area contributed by atoms with Crippen molar-refractivity contribution in [1.82, 2.24) is 9.55 Å². The van der Waals surface area contributed by atoms with Crippen LogP contribution in [0.2, 0.25) is 10.0 Å². The fourth-order valence-corrected chi connectivity index (χ4v) is 4.76. The molecule has 11 heteroatoms. The predicted octanol–water partition coefficient (Wildman–Crippen LogP) is 4.52. The Morgan fingerprint density at radius 1 is 1.20 bits per heavy atom. The molecule has 0 aliphatic heterocycles. The van der Waals surface area contributed by atoms with Gasteiger partial charge in [-0.25, -0.2) is 18.5 Å². The van der Waals surface area contributed by atoms with Gasteiger partial charge in [0.1, 0.15) is 0 Å². The largest absolute Gasteiger partial charge is 0.325 e. The molecule has 2 aromatic carbocycles. The Morgan fingerprint density at radius 3 is 2.53 bits per heavy atom. The lowest BCUT2D eigenvalue weighted by atomic mass is 10.3. The van der Waals surface area contributed by atoms with Gasteiger partial charge in [-0.05, 0) is 42.8 Å². The average Bonchev–Trinajstić information content (AvgIpc) is 2.99. The van der Waals surface area contributed by atoms with Gasteiger partial charge in [0.2, 0.25) is 15.9 Å². The summed E-state index contributed by atoms with van der Waals surface area (Å²) in [7, 11) is -3.82. The number of fused-ring (bicyclic) bond motifs is 1. The molecule has 0 radical (unpaired) electrons. The highest BCUT2D eigenvalue weighted by atomic mass is 35.5. The molecule has 0 bridgehead atoms. The number of benzene rings is 2. The van der Waals surface area contributed by atoms with Gasteiger partial charge in [0.25, 0.3) is 0 Å². The summed E-state index contributed by atoms with van der Waals surface area (Å²) >= 11 is 13.2. The standard InChI is InChI=1S/C19H20Cl2N4O3S2/c1-2-3-6-25-17-5-4-15(30(22,27)28)10-16(17)24-19(25)29-11-18(26)23-14-8-12(20)7-13(21)9-14/h4-5,7-10H,2-3,6,11H2,1H3,(H,23,26)(H2,22,27,28). The van der Waals surface area contributed by atoms with E-state index in [1.54, 1.807) is 24.3 Å². The SMILES string of the molecule is CCCCn1c(SCC(=O)Nc2cc(Cl)cc(Cl)c2)nc2cc(S(N)(=O)=O)ccc21. The minimum atomic E-state index is -3.82. The van der Waals surface area contributed by atoms with E-state index in [0.717, 1.165) is 18.4 Å². The Labute approximate surface area is 189 Å². The molecule has 0 spiro atoms. The molecule has 3 rings (SSSR count). The van der Waals surface area contributed by atoms with Crippen molar-refractivity contribution in [2.75, 3.05) is 11.1 Å². The van der Waals surface area contributed by atoms with Crippen LogP contribution in [-0.4, -0.2) is 29.6 Å². The minimum Gasteiger partial charge on any atom is -0.325 e. The van der Waals surface area contributed by atoms with Crippen molar-refractivity contribution in [1.29, 1.82) is 0 Å². The molecule has 0 aliphatic rings. The lowest BCUT2D eigenvalue weighted by molar-refractivity contribution is -0.113. The summed E-state index contributed by atoms with van der Waals surface area (Å²) in [6, 6.07) is 9.41. The molecular weight excluding hydrogens is 467 g/mol. The minimum absolute atomic E-state index is 0.00210. The molecule has 30 heavy (non-hydrogen) atoms. The molecule has 0 saturated heterocycles. The van der Waals surface area contributed by atoms with E-state index < -0.39 is 10.0 Å². The number of imidazole rings is 1. The van der Waals surface area contributed by atoms with Crippen LogP contribution in [-0.2, 0) is 21.4 Å². The van der Waals surface area contributed by atoms with Gasteiger partial charge in [0, 0.05) is 22.3 Å². The number of sulfonamides is 1. The Bertz CT molecular complexity index is 1180. The molecule has 3 aromatic rings. The van der Waals surface area contributed by atoms with Crippen molar-refractivity contribution < 1.29 is 13.2 Å². The first kappa shape index (κ1) is 22.9. The number of carbonyl (C=O) groups is 1. The summed E-state index contributed by atoms with van der Waals surface area (Å²) in [5, 5.41) is 9.47. The molecule has 0 fully saturated rings. The van der Waals surface area contributed by atoms with Crippen LogP contribution in [0.25, 0.3) is 11.0 Å². The number of rotatable bonds is 8. The van der Waals surface area contributed by atoms with Gasteiger partial charge in [0.15, 0.2) is 5.16 Å². The number of anilines is 1. The number of carbonyl (C=O) groups excluding carboxylic acids is 1. The molecule has 0 unspecified atom stereocenters. The van der Waals surface area contributed by atoms with E-state index in [2.05, 4.69) is 17.2 Å². The third kappa shape index (κ3) is 5.67. The number of thioether (sulfide) groups is 1. The fraction of sp³-hybridized carbons (Fsp3) is 0.263. The van der Waals surface area contributed by atoms with E-state index in [9.17, 15) is 13.2 Å². The van der Waals surface area contributed by atoms with E-state index in [0.29, 0.717) is 33.0 Å². The topological polar surface area (TPSA) is 107 Å². The van der Waals surface area contributed by atoms with Crippen molar-refractivity contribution in [3.8, 4) is 0 Å². The van der Waals surface area contributed by atoms with E-state index in [4.69, 9.17) is 28.3 Å². The number of unbranched alkanes of at least 4 members (excludes halogenated alkanes) is 1. The molecule has 0 aliphatic carbocycles. The Morgan fingerprint density at radius 2 is 1.90 bits per heavy atom. The Balaban J connectivity index is 1.82. The first-order valence-corrected chi connectivity index (χ1v) is 12.4. The van der Waals surface area contributed by atoms with Crippen LogP contribution in [0.5, 0.6) is 0 Å². The Hall–Kier alpha value is -1.78. The number of nitrogens with two attached hydrogens (primary N) is 1. The predicted molar refractivity (Wildman–Crippen MR) is 122 cm³/mol. The van der Waals surface area contributed by atoms with E-state index in [-0.39, 0.29) is 16.6 Å². The second-order valence-corrected chi connectivity index (χ2v) is 9.97. The van der Waals surface area contributed by atoms with Crippen LogP contribution in [0.1, 0.15) is 19.8 Å². The number of halogens is 2. The second kappa shape index (κ2) is 9.57. The maximum absolute atomic E-state index is 12.4. The molecule has 0 atom stereocenters. The van der Waals surface area contributed by atoms with E-state index in [1.807, 2.05) is 4.57 Å². The molecule has 0 saturated carbocycles. The highest BCUT2D eigenvalue weighted by Crippen LogP contribution is 2.27. The van der Waals surface area contributed by atoms with Crippen LogP contribution in [0.4, 0.5) is 5.69 Å². The van der Waals surface area contributed by atoms with Crippen LogP contribution in [0.3, 0.4) is 0 Å². The highest BCUT2D eigenvalue weighted by Gasteiger charge is 2.16. The van der Waals surface area contributed by atoms with Gasteiger partial charge < -0.3 is 9.88 Å². The summed E-state index contributed by atoms with van der Waals surface area (Å²) in [5.74, 6) is -0.126. The first-order chi connectivity index (χ1) is 14.2. The number of nitrogens with one attached hydrogen (secondary N) is 1. The zero-order chi connectivity index (χ0) is 21.9. The molecule has 160 valence electrons. The van der Waals surface area contributed by atoms with E-state index in [1.165, 1.54) is 23.9 Å². The van der Waals surface area contributed by atoms with Crippen molar-refractivity contribution in [3.05, 3.63) is 46.4 Å². The zero-order valence-electron chi connectivity index (χ0n) is 16.1. The lowest BCUT2D eigenvalue weighted by Gasteiger charge is -2.09. The number of aromatic nitrogens is 2. The molecular formula is C19H20Cl2N4O3S2. The third-order valence-electron chi connectivity index (χ3n) is 4.23. The number of amides is 1. The fourth-order valence-electron chi connectivity index (χ4n) is 2.86. The summed E-state index contributed by atoms with van der Waals surface area (Å²) < 4.78 is 25.3. The Kier molecular flexibility index (Phi) is 7.30. The maximum Gasteiger partial charge on any atom is 0.238 e. The molecule has 3 N–H and O–H groups in total. The van der Waals surface area contributed by atoms with Gasteiger partial charge in [0.05, 0.1) is 21.7 Å². The van der Waals surface area contributed by atoms with Gasteiger partial charge >= 0.3 is 0 Å². The van der Waals surface area contributed by atoms with Crippen LogP contribution in [0, 0.1) is 0 Å². The van der Waals surface area contributed by atoms with Gasteiger partial charge in [-0.2, -0.15) is 0 Å². The number of nitrogens with zero attached hydrogens (tertiary/aromatic N) is 2. The monoisotopic (exact) mass is 486 g/mol. The molecule has 1 heterocycles. The average molecular weight is 487 g/mol. The van der Waals surface area contributed by atoms with Crippen molar-refractivity contribution in [2.45, 2.75) is 36.4 Å². The zero-order valence-corrected chi connectivity index (χ0v) is 19.2. The van der Waals surface area contributed by atoms with Crippen molar-refractivity contribution in [2.24, 2.45) is 5.14 Å². The number of aryl methyl sites for hydroxylation is 1. The smallest absolute Gasteiger partial charge is 0.238 e. The highest BCUT2D eigenvalue weighted by molar-refractivity contribution is 7.99. The number of primary sulfonamides is 1. The van der Waals surface area contributed by atoms with Crippen LogP contribution < -0.4 is 10.5 Å². The van der Waals surface area contributed by atoms with Crippen LogP contribution in [0.15, 0.2) is 46.5 Å². The maximum atomic E-state index is 12.4. The number of hydrogen-bond acceptors (Lipinski definition) is 5. The second-order valence-electron chi connectivity index (χ2n) is 6.59. The van der Waals surface area contributed by atoms with Crippen molar-refractivity contribution >= 4 is 67.6 Å². The van der Waals surface area contributed by atoms with Gasteiger partial charge in [-0.1, -0.05) is 48.3 Å². The molecule has 1 aromatic heterocycles. The molecule has 1 amide bonds. The third-order valence-corrected chi connectivity index (χ3v) is 6.55. The summed E-state index contributed by atoms with van der Waals surface area (Å²) in [6.07, 6.45) is 1.90. The van der Waals surface area contributed by atoms with Crippen LogP contribution >= 0.6 is 35.0 Å². The summed E-state index contributed by atoms with van der Waals surface area (Å²) in [5.41, 5.74) is 1.82. The quantitative estimate of drug-likeness (QED) is 0.455. The van der Waals surface area contributed by atoms with Gasteiger partial charge in [-0.15, -0.1) is 0 Å². The summed E-state index contributed by atoms with van der Waals surface area (Å²) in [4.78, 5) is 16.9. The normalized spacial score (nSPS) is 11.7. The van der Waals surface area contributed by atoms with Gasteiger partial charge in [-0.3, -0.25) is 4.79 Å². The molecule has 7 nitrogen and oxygen atoms in total. The lowest BCUT2D eigenvalue weighted by Crippen LogP contribution is -2.14. The first-order valence-electron chi connectivity index (χ1n) is 9.09. The van der Waals surface area contributed by atoms with E-state index >= 15 is 0 Å². The number of hydrogen-bond donors (Lipinski definition) is 2.